The van der Waals surface area contributed by atoms with Gasteiger partial charge in [0.15, 0.2) is 5.50 Å². The van der Waals surface area contributed by atoms with Gasteiger partial charge < -0.3 is 5.32 Å². The summed E-state index contributed by atoms with van der Waals surface area (Å²) in [7, 11) is 0. The fourth-order valence-electron chi connectivity index (χ4n) is 5.28. The van der Waals surface area contributed by atoms with E-state index in [0.29, 0.717) is 4.91 Å². The maximum atomic E-state index is 13.3. The van der Waals surface area contributed by atoms with Crippen LogP contribution in [0.1, 0.15) is 42.0 Å². The minimum Gasteiger partial charge on any atom is -0.321 e. The summed E-state index contributed by atoms with van der Waals surface area (Å²) in [5, 5.41) is 10.4. The van der Waals surface area contributed by atoms with E-state index in [4.69, 9.17) is 5.10 Å². The van der Waals surface area contributed by atoms with Crippen molar-refractivity contribution in [2.75, 3.05) is 0 Å². The number of thioether (sulfide) groups is 1. The number of nitrogens with zero attached hydrogens (tertiary/aromatic N) is 2. The van der Waals surface area contributed by atoms with Crippen LogP contribution in [0.15, 0.2) is 101 Å². The second kappa shape index (κ2) is 9.78. The summed E-state index contributed by atoms with van der Waals surface area (Å²) in [5.74, 6) is -0.158. The second-order valence-corrected chi connectivity index (χ2v) is 10.4. The van der Waals surface area contributed by atoms with E-state index >= 15 is 0 Å². The number of carbonyl (C=O) groups is 1. The molecule has 0 unspecified atom stereocenters. The van der Waals surface area contributed by atoms with Gasteiger partial charge in [0.05, 0.1) is 16.7 Å². The summed E-state index contributed by atoms with van der Waals surface area (Å²) in [4.78, 5) is 13.5. The molecule has 2 fully saturated rings. The molecule has 3 aromatic carbocycles. The molecule has 180 valence electrons. The fraction of sp³-hybridized carbons (Fsp3) is 0.200. The van der Waals surface area contributed by atoms with Gasteiger partial charge >= 0.3 is 0 Å². The quantitative estimate of drug-likeness (QED) is 0.414. The molecule has 6 heteroatoms. The van der Waals surface area contributed by atoms with Crippen molar-refractivity contribution < 1.29 is 9.18 Å². The first-order chi connectivity index (χ1) is 17.7. The van der Waals surface area contributed by atoms with Gasteiger partial charge in [0, 0.05) is 5.92 Å². The van der Waals surface area contributed by atoms with Crippen LogP contribution < -0.4 is 5.32 Å². The highest BCUT2D eigenvalue weighted by atomic mass is 32.2. The minimum atomic E-state index is -0.314. The van der Waals surface area contributed by atoms with Crippen LogP contribution in [-0.2, 0) is 4.79 Å². The first-order valence-corrected chi connectivity index (χ1v) is 13.2. The lowest BCUT2D eigenvalue weighted by molar-refractivity contribution is -0.117. The summed E-state index contributed by atoms with van der Waals surface area (Å²) >= 11 is 1.47. The molecule has 3 aliphatic rings. The Balaban J connectivity index is 1.35. The molecule has 6 rings (SSSR count). The Kier molecular flexibility index (Phi) is 6.20. The molecule has 0 radical (unpaired) electrons. The molecular weight excluding hydrogens is 469 g/mol. The molecule has 0 bridgehead atoms. The monoisotopic (exact) mass is 495 g/mol. The Morgan fingerprint density at radius 1 is 0.917 bits per heavy atom. The standard InChI is InChI=1S/C30H26FN3OS/c31-24-16-14-21(15-17-24)19-26-29(35)32-30(36-26)34-28(22-10-5-2-6-11-22)25-13-7-12-23(27(25)33-34)18-20-8-3-1-4-9-20/h1-6,8-11,14-19,25,28,30H,7,12-13H2,(H,32,35)/b23-18+,26-19+/t25-,28-,30+/m0/s1. The number of fused-ring (bicyclic) bond motifs is 1. The third-order valence-electron chi connectivity index (χ3n) is 6.94. The van der Waals surface area contributed by atoms with Crippen molar-refractivity contribution in [3.05, 3.63) is 118 Å². The van der Waals surface area contributed by atoms with Crippen molar-refractivity contribution in [2.45, 2.75) is 30.8 Å². The predicted octanol–water partition coefficient (Wildman–Crippen LogP) is 6.61. The number of hydrogen-bond donors (Lipinski definition) is 1. The predicted molar refractivity (Wildman–Crippen MR) is 144 cm³/mol. The zero-order valence-corrected chi connectivity index (χ0v) is 20.5. The Morgan fingerprint density at radius 3 is 2.36 bits per heavy atom. The summed E-state index contributed by atoms with van der Waals surface area (Å²) < 4.78 is 13.3. The third-order valence-corrected chi connectivity index (χ3v) is 8.05. The number of benzene rings is 3. The molecule has 0 spiro atoms. The van der Waals surface area contributed by atoms with Gasteiger partial charge in [-0.15, -0.1) is 0 Å². The summed E-state index contributed by atoms with van der Waals surface area (Å²) in [5.41, 5.74) is 5.27. The van der Waals surface area contributed by atoms with E-state index < -0.39 is 0 Å². The van der Waals surface area contributed by atoms with Crippen LogP contribution in [0.25, 0.3) is 12.2 Å². The van der Waals surface area contributed by atoms with E-state index in [-0.39, 0.29) is 29.2 Å². The Morgan fingerprint density at radius 2 is 1.61 bits per heavy atom. The van der Waals surface area contributed by atoms with Crippen molar-refractivity contribution in [2.24, 2.45) is 11.0 Å². The van der Waals surface area contributed by atoms with Crippen molar-refractivity contribution in [3.63, 3.8) is 0 Å². The first kappa shape index (κ1) is 22.8. The number of carbonyl (C=O) groups excluding carboxylic acids is 1. The Bertz CT molecular complexity index is 1350. The molecule has 3 atom stereocenters. The number of halogens is 1. The zero-order valence-electron chi connectivity index (χ0n) is 19.7. The number of rotatable bonds is 4. The van der Waals surface area contributed by atoms with Crippen LogP contribution in [0.5, 0.6) is 0 Å². The maximum absolute atomic E-state index is 13.3. The fourth-order valence-corrected chi connectivity index (χ4v) is 6.34. The van der Waals surface area contributed by atoms with Crippen molar-refractivity contribution in [1.82, 2.24) is 10.3 Å². The third kappa shape index (κ3) is 4.49. The SMILES string of the molecule is O=C1N[C@H](N2N=C3/C(=C/c4ccccc4)CCC[C@@H]3[C@@H]2c2ccccc2)S/C1=C/c1ccc(F)cc1. The van der Waals surface area contributed by atoms with Gasteiger partial charge in [0.2, 0.25) is 0 Å². The van der Waals surface area contributed by atoms with Crippen molar-refractivity contribution in [1.29, 1.82) is 0 Å². The van der Waals surface area contributed by atoms with E-state index in [1.807, 2.05) is 18.2 Å². The topological polar surface area (TPSA) is 44.7 Å². The summed E-state index contributed by atoms with van der Waals surface area (Å²) in [6.07, 6.45) is 7.24. The van der Waals surface area contributed by atoms with Crippen LogP contribution in [0, 0.1) is 11.7 Å². The molecule has 1 saturated carbocycles. The van der Waals surface area contributed by atoms with Gasteiger partial charge in [-0.05, 0) is 65.8 Å². The lowest BCUT2D eigenvalue weighted by Crippen LogP contribution is -2.40. The van der Waals surface area contributed by atoms with Gasteiger partial charge in [-0.25, -0.2) is 4.39 Å². The van der Waals surface area contributed by atoms with Gasteiger partial charge in [-0.3, -0.25) is 9.80 Å². The zero-order chi connectivity index (χ0) is 24.5. The van der Waals surface area contributed by atoms with Crippen LogP contribution in [0.2, 0.25) is 0 Å². The van der Waals surface area contributed by atoms with Crippen molar-refractivity contribution in [3.8, 4) is 0 Å². The summed E-state index contributed by atoms with van der Waals surface area (Å²) in [6, 6.07) is 27.1. The molecule has 0 aromatic heterocycles. The first-order valence-electron chi connectivity index (χ1n) is 12.3. The summed E-state index contributed by atoms with van der Waals surface area (Å²) in [6.45, 7) is 0. The molecule has 2 aliphatic heterocycles. The van der Waals surface area contributed by atoms with E-state index in [1.54, 1.807) is 12.1 Å². The Hall–Kier alpha value is -3.64. The highest BCUT2D eigenvalue weighted by molar-refractivity contribution is 8.05. The van der Waals surface area contributed by atoms with Crippen LogP contribution in [0.4, 0.5) is 4.39 Å². The minimum absolute atomic E-state index is 0.0450. The molecule has 3 aromatic rings. The van der Waals surface area contributed by atoms with Gasteiger partial charge in [0.1, 0.15) is 5.82 Å². The molecular formula is C30H26FN3OS. The van der Waals surface area contributed by atoms with Crippen LogP contribution >= 0.6 is 11.8 Å². The molecule has 36 heavy (non-hydrogen) atoms. The van der Waals surface area contributed by atoms with E-state index in [1.165, 1.54) is 40.6 Å². The van der Waals surface area contributed by atoms with Gasteiger partial charge in [-0.2, -0.15) is 5.10 Å². The number of hydrazone groups is 1. The lowest BCUT2D eigenvalue weighted by Gasteiger charge is -2.33. The normalized spacial score (nSPS) is 25.7. The van der Waals surface area contributed by atoms with Gasteiger partial charge in [0.25, 0.3) is 5.91 Å². The smallest absolute Gasteiger partial charge is 0.260 e. The number of allylic oxidation sites excluding steroid dienone is 1. The molecule has 2 heterocycles. The van der Waals surface area contributed by atoms with E-state index in [2.05, 4.69) is 64.9 Å². The Labute approximate surface area is 214 Å². The largest absolute Gasteiger partial charge is 0.321 e. The number of amides is 1. The average molecular weight is 496 g/mol. The molecule has 1 saturated heterocycles. The van der Waals surface area contributed by atoms with Crippen LogP contribution in [-0.4, -0.2) is 22.1 Å². The van der Waals surface area contributed by atoms with E-state index in [9.17, 15) is 9.18 Å². The lowest BCUT2D eigenvalue weighted by atomic mass is 9.77. The highest BCUT2D eigenvalue weighted by Crippen LogP contribution is 2.47. The highest BCUT2D eigenvalue weighted by Gasteiger charge is 2.46. The van der Waals surface area contributed by atoms with Gasteiger partial charge in [-0.1, -0.05) is 84.6 Å². The molecule has 4 nitrogen and oxygen atoms in total. The van der Waals surface area contributed by atoms with E-state index in [0.717, 1.165) is 30.5 Å². The maximum Gasteiger partial charge on any atom is 0.260 e. The van der Waals surface area contributed by atoms with Crippen molar-refractivity contribution >= 4 is 35.5 Å². The second-order valence-electron chi connectivity index (χ2n) is 9.30. The average Bonchev–Trinajstić information content (AvgIpc) is 3.47. The molecule has 1 amide bonds. The van der Waals surface area contributed by atoms with Crippen LogP contribution in [0.3, 0.4) is 0 Å². The molecule has 1 aliphatic carbocycles. The number of hydrogen-bond acceptors (Lipinski definition) is 4. The number of nitrogens with one attached hydrogen (secondary N) is 1. The molecule has 1 N–H and O–H groups in total.